The highest BCUT2D eigenvalue weighted by Crippen LogP contribution is 2.26. The van der Waals surface area contributed by atoms with Crippen LogP contribution in [0.3, 0.4) is 0 Å². The first-order valence-electron chi connectivity index (χ1n) is 5.92. The van der Waals surface area contributed by atoms with E-state index >= 15 is 0 Å². The van der Waals surface area contributed by atoms with Crippen molar-refractivity contribution >= 4 is 17.7 Å². The minimum Gasteiger partial charge on any atom is -0.496 e. The van der Waals surface area contributed by atoms with Gasteiger partial charge in [-0.25, -0.2) is 9.67 Å². The summed E-state index contributed by atoms with van der Waals surface area (Å²) < 4.78 is 6.86. The quantitative estimate of drug-likeness (QED) is 0.849. The topological polar surface area (TPSA) is 77.2 Å². The smallest absolute Gasteiger partial charge is 0.313 e. The van der Waals surface area contributed by atoms with E-state index in [9.17, 15) is 4.79 Å². The van der Waals surface area contributed by atoms with E-state index in [0.29, 0.717) is 11.0 Å². The van der Waals surface area contributed by atoms with Crippen molar-refractivity contribution in [2.24, 2.45) is 7.05 Å². The molecule has 0 aliphatic carbocycles. The molecule has 0 aliphatic rings. The van der Waals surface area contributed by atoms with Crippen molar-refractivity contribution in [3.05, 3.63) is 23.8 Å². The van der Waals surface area contributed by atoms with Crippen LogP contribution in [0, 0.1) is 6.92 Å². The Hall–Kier alpha value is -2.02. The maximum absolute atomic E-state index is 10.6. The average Bonchev–Trinajstić information content (AvgIpc) is 2.78. The van der Waals surface area contributed by atoms with Gasteiger partial charge in [0.05, 0.1) is 12.9 Å². The number of hydrogen-bond acceptors (Lipinski definition) is 5. The van der Waals surface area contributed by atoms with E-state index in [2.05, 4.69) is 10.1 Å². The molecule has 1 aromatic carbocycles. The second-order valence-electron chi connectivity index (χ2n) is 4.21. The van der Waals surface area contributed by atoms with E-state index in [1.54, 1.807) is 18.8 Å². The summed E-state index contributed by atoms with van der Waals surface area (Å²) >= 11 is 1.14. The van der Waals surface area contributed by atoms with Crippen LogP contribution in [0.25, 0.3) is 11.4 Å². The summed E-state index contributed by atoms with van der Waals surface area (Å²) in [6, 6.07) is 5.73. The average molecular weight is 293 g/mol. The Labute approximate surface area is 120 Å². The molecule has 0 saturated carbocycles. The minimum atomic E-state index is -0.878. The number of aromatic nitrogens is 3. The Morgan fingerprint density at radius 3 is 2.90 bits per heavy atom. The zero-order chi connectivity index (χ0) is 14.7. The van der Waals surface area contributed by atoms with Crippen molar-refractivity contribution in [3.63, 3.8) is 0 Å². The van der Waals surface area contributed by atoms with Gasteiger partial charge in [0.25, 0.3) is 0 Å². The Balaban J connectivity index is 2.29. The Bertz CT molecular complexity index is 640. The number of carbonyl (C=O) groups is 1. The molecule has 0 bridgehead atoms. The molecule has 1 heterocycles. The predicted octanol–water partition coefficient (Wildman–Crippen LogP) is 1.98. The Kier molecular flexibility index (Phi) is 4.29. The van der Waals surface area contributed by atoms with Crippen molar-refractivity contribution < 1.29 is 14.6 Å². The third-order valence-corrected chi connectivity index (χ3v) is 3.72. The van der Waals surface area contributed by atoms with Gasteiger partial charge >= 0.3 is 5.97 Å². The molecule has 0 unspecified atom stereocenters. The molecule has 0 saturated heterocycles. The van der Waals surface area contributed by atoms with Crippen LogP contribution in [0.5, 0.6) is 5.75 Å². The van der Waals surface area contributed by atoms with Gasteiger partial charge < -0.3 is 9.84 Å². The van der Waals surface area contributed by atoms with Crippen LogP contribution in [0.1, 0.15) is 5.56 Å². The van der Waals surface area contributed by atoms with Crippen molar-refractivity contribution in [2.75, 3.05) is 12.9 Å². The third-order valence-electron chi connectivity index (χ3n) is 2.71. The van der Waals surface area contributed by atoms with Crippen LogP contribution >= 0.6 is 11.8 Å². The van der Waals surface area contributed by atoms with E-state index in [4.69, 9.17) is 9.84 Å². The fourth-order valence-corrected chi connectivity index (χ4v) is 2.33. The third kappa shape index (κ3) is 3.11. The monoisotopic (exact) mass is 293 g/mol. The lowest BCUT2D eigenvalue weighted by Gasteiger charge is -2.05. The number of carboxylic acids is 1. The maximum atomic E-state index is 10.6. The number of benzene rings is 1. The number of thioether (sulfide) groups is 1. The summed E-state index contributed by atoms with van der Waals surface area (Å²) in [6.45, 7) is 1.96. The largest absolute Gasteiger partial charge is 0.496 e. The van der Waals surface area contributed by atoms with E-state index in [-0.39, 0.29) is 5.75 Å². The summed E-state index contributed by atoms with van der Waals surface area (Å²) in [7, 11) is 3.36. The normalized spacial score (nSPS) is 10.6. The summed E-state index contributed by atoms with van der Waals surface area (Å²) in [5, 5.41) is 13.6. The number of methoxy groups -OCH3 is 1. The standard InChI is InChI=1S/C13H15N3O3S/c1-8-4-5-9(6-10(8)19-3)12-14-13(16(2)15-12)20-7-11(17)18/h4-6H,7H2,1-3H3,(H,17,18). The fourth-order valence-electron chi connectivity index (χ4n) is 1.70. The molecule has 1 N–H and O–H groups in total. The first-order valence-corrected chi connectivity index (χ1v) is 6.90. The molecule has 0 amide bonds. The van der Waals surface area contributed by atoms with Gasteiger partial charge in [-0.3, -0.25) is 4.79 Å². The van der Waals surface area contributed by atoms with Crippen molar-refractivity contribution in [2.45, 2.75) is 12.1 Å². The highest BCUT2D eigenvalue weighted by molar-refractivity contribution is 7.99. The zero-order valence-electron chi connectivity index (χ0n) is 11.5. The molecule has 106 valence electrons. The van der Waals surface area contributed by atoms with Crippen LogP contribution in [0.4, 0.5) is 0 Å². The highest BCUT2D eigenvalue weighted by Gasteiger charge is 2.12. The lowest BCUT2D eigenvalue weighted by Crippen LogP contribution is -2.00. The van der Waals surface area contributed by atoms with Gasteiger partial charge in [0, 0.05) is 12.6 Å². The lowest BCUT2D eigenvalue weighted by atomic mass is 10.1. The minimum absolute atomic E-state index is 0.0385. The Morgan fingerprint density at radius 1 is 1.50 bits per heavy atom. The summed E-state index contributed by atoms with van der Waals surface area (Å²) in [5.41, 5.74) is 1.87. The number of carboxylic acid groups (broad SMARTS) is 1. The zero-order valence-corrected chi connectivity index (χ0v) is 12.3. The molecule has 0 spiro atoms. The fraction of sp³-hybridized carbons (Fsp3) is 0.308. The molecule has 0 atom stereocenters. The molecule has 6 nitrogen and oxygen atoms in total. The molecule has 0 fully saturated rings. The van der Waals surface area contributed by atoms with E-state index < -0.39 is 5.97 Å². The Morgan fingerprint density at radius 2 is 2.25 bits per heavy atom. The van der Waals surface area contributed by atoms with Gasteiger partial charge in [0.1, 0.15) is 5.75 Å². The summed E-state index contributed by atoms with van der Waals surface area (Å²) in [5.74, 6) is 0.411. The number of rotatable bonds is 5. The lowest BCUT2D eigenvalue weighted by molar-refractivity contribution is -0.133. The molecule has 0 aliphatic heterocycles. The molecule has 7 heteroatoms. The van der Waals surface area contributed by atoms with Gasteiger partial charge in [-0.2, -0.15) is 5.10 Å². The van der Waals surface area contributed by atoms with Crippen molar-refractivity contribution in [3.8, 4) is 17.1 Å². The van der Waals surface area contributed by atoms with Gasteiger partial charge in [0.15, 0.2) is 11.0 Å². The number of aryl methyl sites for hydroxylation is 2. The van der Waals surface area contributed by atoms with Gasteiger partial charge in [-0.1, -0.05) is 23.9 Å². The van der Waals surface area contributed by atoms with Crippen molar-refractivity contribution in [1.29, 1.82) is 0 Å². The first-order chi connectivity index (χ1) is 9.51. The van der Waals surface area contributed by atoms with Crippen molar-refractivity contribution in [1.82, 2.24) is 14.8 Å². The van der Waals surface area contributed by atoms with Gasteiger partial charge in [-0.15, -0.1) is 0 Å². The first kappa shape index (κ1) is 14.4. The highest BCUT2D eigenvalue weighted by atomic mass is 32.2. The second-order valence-corrected chi connectivity index (χ2v) is 5.15. The number of nitrogens with zero attached hydrogens (tertiary/aromatic N) is 3. The molecule has 2 rings (SSSR count). The molecule has 0 radical (unpaired) electrons. The van der Waals surface area contributed by atoms with Crippen LogP contribution in [0.15, 0.2) is 23.4 Å². The van der Waals surface area contributed by atoms with Crippen LogP contribution < -0.4 is 4.74 Å². The number of aliphatic carboxylic acids is 1. The van der Waals surface area contributed by atoms with E-state index in [0.717, 1.165) is 28.6 Å². The van der Waals surface area contributed by atoms with Gasteiger partial charge in [0.2, 0.25) is 0 Å². The molecule has 2 aromatic rings. The van der Waals surface area contributed by atoms with E-state index in [1.807, 2.05) is 25.1 Å². The molecular formula is C13H15N3O3S. The predicted molar refractivity (Wildman–Crippen MR) is 76.1 cm³/mol. The van der Waals surface area contributed by atoms with Crippen LogP contribution in [-0.4, -0.2) is 38.7 Å². The van der Waals surface area contributed by atoms with E-state index in [1.165, 1.54) is 0 Å². The summed E-state index contributed by atoms with van der Waals surface area (Å²) in [4.78, 5) is 14.9. The maximum Gasteiger partial charge on any atom is 0.313 e. The second kappa shape index (κ2) is 5.96. The molecular weight excluding hydrogens is 278 g/mol. The summed E-state index contributed by atoms with van der Waals surface area (Å²) in [6.07, 6.45) is 0. The number of hydrogen-bond donors (Lipinski definition) is 1. The number of ether oxygens (including phenoxy) is 1. The van der Waals surface area contributed by atoms with Gasteiger partial charge in [-0.05, 0) is 18.6 Å². The van der Waals surface area contributed by atoms with Crippen LogP contribution in [0.2, 0.25) is 0 Å². The van der Waals surface area contributed by atoms with Crippen LogP contribution in [-0.2, 0) is 11.8 Å². The molecule has 20 heavy (non-hydrogen) atoms. The molecule has 1 aromatic heterocycles. The SMILES string of the molecule is COc1cc(-c2nc(SCC(=O)O)n(C)n2)ccc1C.